The Hall–Kier alpha value is -0.260. The maximum atomic E-state index is 2.44. The van der Waals surface area contributed by atoms with Gasteiger partial charge < -0.3 is 0 Å². The Kier molecular flexibility index (Phi) is 16.5. The molecule has 0 fully saturated rings. The Morgan fingerprint density at radius 2 is 1.11 bits per heavy atom. The molecule has 1 radical (unpaired) electrons. The number of hydrogen-bond donors (Lipinski definition) is 0. The molecular formula is C18H35. The van der Waals surface area contributed by atoms with Crippen molar-refractivity contribution in [1.82, 2.24) is 0 Å². The maximum absolute atomic E-state index is 2.44. The summed E-state index contributed by atoms with van der Waals surface area (Å²) in [6.45, 7) is 4.55. The van der Waals surface area contributed by atoms with Gasteiger partial charge in [-0.05, 0) is 32.1 Å². The van der Waals surface area contributed by atoms with E-state index in [0.717, 1.165) is 0 Å². The summed E-state index contributed by atoms with van der Waals surface area (Å²) in [5.74, 6) is 0. The molecular weight excluding hydrogens is 216 g/mol. The highest BCUT2D eigenvalue weighted by Crippen LogP contribution is 2.09. The lowest BCUT2D eigenvalue weighted by Crippen LogP contribution is -1.79. The van der Waals surface area contributed by atoms with Crippen LogP contribution in [0.2, 0.25) is 0 Å². The molecule has 0 spiro atoms. The van der Waals surface area contributed by atoms with Crippen LogP contribution in [-0.2, 0) is 0 Å². The van der Waals surface area contributed by atoms with Gasteiger partial charge in [0.15, 0.2) is 0 Å². The van der Waals surface area contributed by atoms with Gasteiger partial charge in [0.2, 0.25) is 0 Å². The van der Waals surface area contributed by atoms with Crippen LogP contribution in [0.4, 0.5) is 0 Å². The molecule has 0 heterocycles. The van der Waals surface area contributed by atoms with Crippen LogP contribution in [-0.4, -0.2) is 0 Å². The van der Waals surface area contributed by atoms with Crippen molar-refractivity contribution in [2.75, 3.05) is 0 Å². The summed E-state index contributed by atoms with van der Waals surface area (Å²) in [6.07, 6.45) is 24.9. The van der Waals surface area contributed by atoms with E-state index in [9.17, 15) is 0 Å². The van der Waals surface area contributed by atoms with Crippen LogP contribution >= 0.6 is 0 Å². The van der Waals surface area contributed by atoms with E-state index < -0.39 is 0 Å². The molecule has 0 aromatic carbocycles. The summed E-state index contributed by atoms with van der Waals surface area (Å²) >= 11 is 0. The van der Waals surface area contributed by atoms with Crippen molar-refractivity contribution in [2.45, 2.75) is 97.3 Å². The Balaban J connectivity index is 3.00. The summed E-state index contributed by atoms with van der Waals surface area (Å²) in [5, 5.41) is 0. The molecule has 0 aliphatic heterocycles. The van der Waals surface area contributed by atoms with Gasteiger partial charge in [-0.25, -0.2) is 0 Å². The van der Waals surface area contributed by atoms with E-state index in [-0.39, 0.29) is 0 Å². The molecule has 0 bridgehead atoms. The lowest BCUT2D eigenvalue weighted by Gasteiger charge is -1.98. The number of unbranched alkanes of at least 4 members (excludes halogenated alkanes) is 12. The number of hydrogen-bond acceptors (Lipinski definition) is 0. The summed E-state index contributed by atoms with van der Waals surface area (Å²) < 4.78 is 0. The third-order valence-electron chi connectivity index (χ3n) is 3.46. The zero-order valence-corrected chi connectivity index (χ0v) is 12.9. The van der Waals surface area contributed by atoms with Crippen LogP contribution in [0, 0.1) is 6.42 Å². The summed E-state index contributed by atoms with van der Waals surface area (Å²) in [7, 11) is 0. The van der Waals surface area contributed by atoms with Crippen LogP contribution in [0.1, 0.15) is 97.3 Å². The van der Waals surface area contributed by atoms with Gasteiger partial charge in [-0.2, -0.15) is 0 Å². The van der Waals surface area contributed by atoms with Crippen molar-refractivity contribution in [2.24, 2.45) is 0 Å². The van der Waals surface area contributed by atoms with Gasteiger partial charge in [0.1, 0.15) is 0 Å². The van der Waals surface area contributed by atoms with E-state index in [1.54, 1.807) is 0 Å². The first-order valence-electron chi connectivity index (χ1n) is 8.38. The van der Waals surface area contributed by atoms with Gasteiger partial charge in [-0.3, -0.25) is 0 Å². The minimum atomic E-state index is 1.18. The minimum absolute atomic E-state index is 1.18. The van der Waals surface area contributed by atoms with Crippen LogP contribution < -0.4 is 0 Å². The second-order valence-electron chi connectivity index (χ2n) is 5.40. The molecule has 0 heteroatoms. The highest BCUT2D eigenvalue weighted by Gasteiger charge is 1.89. The SMILES string of the molecule is CCCCCC[CH]C/C=C/CCCCCCCC. The number of rotatable bonds is 14. The predicted molar refractivity (Wildman–Crippen MR) is 84.8 cm³/mol. The van der Waals surface area contributed by atoms with Gasteiger partial charge >= 0.3 is 0 Å². The fourth-order valence-corrected chi connectivity index (χ4v) is 2.19. The molecule has 0 saturated carbocycles. The van der Waals surface area contributed by atoms with Crippen molar-refractivity contribution in [3.63, 3.8) is 0 Å². The van der Waals surface area contributed by atoms with Crippen LogP contribution in [0.3, 0.4) is 0 Å². The van der Waals surface area contributed by atoms with E-state index in [1.807, 2.05) is 0 Å². The Bertz CT molecular complexity index is 139. The van der Waals surface area contributed by atoms with E-state index in [4.69, 9.17) is 0 Å². The Labute approximate surface area is 116 Å². The summed E-state index contributed by atoms with van der Waals surface area (Å²) in [4.78, 5) is 0. The van der Waals surface area contributed by atoms with Crippen molar-refractivity contribution >= 4 is 0 Å². The average molecular weight is 251 g/mol. The molecule has 0 aromatic rings. The Morgan fingerprint density at radius 1 is 0.556 bits per heavy atom. The van der Waals surface area contributed by atoms with Gasteiger partial charge in [-0.1, -0.05) is 83.8 Å². The molecule has 0 amide bonds. The van der Waals surface area contributed by atoms with E-state index in [0.29, 0.717) is 0 Å². The number of allylic oxidation sites excluding steroid dienone is 2. The lowest BCUT2D eigenvalue weighted by atomic mass is 10.1. The molecule has 18 heavy (non-hydrogen) atoms. The van der Waals surface area contributed by atoms with E-state index in [1.165, 1.54) is 83.5 Å². The van der Waals surface area contributed by atoms with Crippen molar-refractivity contribution in [3.05, 3.63) is 18.6 Å². The molecule has 0 atom stereocenters. The topological polar surface area (TPSA) is 0 Å². The van der Waals surface area contributed by atoms with Gasteiger partial charge in [0.05, 0.1) is 0 Å². The maximum Gasteiger partial charge on any atom is -0.0319 e. The van der Waals surface area contributed by atoms with Crippen molar-refractivity contribution in [3.8, 4) is 0 Å². The molecule has 0 rings (SSSR count). The van der Waals surface area contributed by atoms with Crippen LogP contribution in [0.25, 0.3) is 0 Å². The molecule has 107 valence electrons. The second-order valence-corrected chi connectivity index (χ2v) is 5.40. The summed E-state index contributed by atoms with van der Waals surface area (Å²) in [6, 6.07) is 0. The van der Waals surface area contributed by atoms with Crippen LogP contribution in [0.5, 0.6) is 0 Å². The smallest absolute Gasteiger partial charge is 0.0319 e. The van der Waals surface area contributed by atoms with Crippen molar-refractivity contribution < 1.29 is 0 Å². The molecule has 0 nitrogen and oxygen atoms in total. The first kappa shape index (κ1) is 17.7. The van der Waals surface area contributed by atoms with Crippen LogP contribution in [0.15, 0.2) is 12.2 Å². The quantitative estimate of drug-likeness (QED) is 0.234. The molecule has 0 aliphatic rings. The van der Waals surface area contributed by atoms with Gasteiger partial charge in [-0.15, -0.1) is 0 Å². The fourth-order valence-electron chi connectivity index (χ4n) is 2.19. The fraction of sp³-hybridized carbons (Fsp3) is 0.833. The second kappa shape index (κ2) is 16.7. The molecule has 0 N–H and O–H groups in total. The first-order valence-corrected chi connectivity index (χ1v) is 8.38. The Morgan fingerprint density at radius 3 is 1.83 bits per heavy atom. The third kappa shape index (κ3) is 15.7. The third-order valence-corrected chi connectivity index (χ3v) is 3.46. The highest BCUT2D eigenvalue weighted by atomic mass is 14.0. The minimum Gasteiger partial charge on any atom is -0.0885 e. The monoisotopic (exact) mass is 251 g/mol. The largest absolute Gasteiger partial charge is 0.0885 e. The van der Waals surface area contributed by atoms with Gasteiger partial charge in [0.25, 0.3) is 0 Å². The summed E-state index contributed by atoms with van der Waals surface area (Å²) in [5.41, 5.74) is 0. The standard InChI is InChI=1S/C18H35/c1-3-5-7-9-11-13-15-17-18-16-14-12-10-8-6-4-2/h13,17-18H,3-12,14-16H2,1-2H3/b18-17+. The zero-order valence-electron chi connectivity index (χ0n) is 12.9. The molecule has 0 aromatic heterocycles. The first-order chi connectivity index (χ1) is 8.91. The van der Waals surface area contributed by atoms with E-state index >= 15 is 0 Å². The van der Waals surface area contributed by atoms with Crippen molar-refractivity contribution in [1.29, 1.82) is 0 Å². The predicted octanol–water partition coefficient (Wildman–Crippen LogP) is 6.86. The van der Waals surface area contributed by atoms with Gasteiger partial charge in [0, 0.05) is 0 Å². The van der Waals surface area contributed by atoms with E-state index in [2.05, 4.69) is 32.4 Å². The lowest BCUT2D eigenvalue weighted by molar-refractivity contribution is 0.611. The average Bonchev–Trinajstić information content (AvgIpc) is 2.39. The molecule has 0 unspecified atom stereocenters. The molecule has 0 aliphatic carbocycles. The molecule has 0 saturated heterocycles. The highest BCUT2D eigenvalue weighted by molar-refractivity contribution is 4.86. The zero-order chi connectivity index (χ0) is 13.3. The normalized spacial score (nSPS) is 11.4.